The van der Waals surface area contributed by atoms with E-state index in [1.165, 1.54) is 6.33 Å². The van der Waals surface area contributed by atoms with Gasteiger partial charge >= 0.3 is 5.97 Å². The third kappa shape index (κ3) is 4.95. The van der Waals surface area contributed by atoms with Crippen LogP contribution in [-0.4, -0.2) is 27.6 Å². The van der Waals surface area contributed by atoms with Gasteiger partial charge in [0.1, 0.15) is 18.0 Å². The van der Waals surface area contributed by atoms with Crippen LogP contribution in [0.25, 0.3) is 0 Å². The first-order valence-electron chi connectivity index (χ1n) is 7.14. The number of aryl methyl sites for hydroxylation is 1. The lowest BCUT2D eigenvalue weighted by Crippen LogP contribution is -2.40. The minimum atomic E-state index is -0.668. The smallest absolute Gasteiger partial charge is 0.329 e. The van der Waals surface area contributed by atoms with Crippen molar-refractivity contribution >= 4 is 11.8 Å². The lowest BCUT2D eigenvalue weighted by molar-refractivity contribution is -0.156. The van der Waals surface area contributed by atoms with Crippen molar-refractivity contribution in [2.24, 2.45) is 5.92 Å². The fourth-order valence-corrected chi connectivity index (χ4v) is 1.76. The molecular weight excluding hydrogens is 273 g/mol. The van der Waals surface area contributed by atoms with Crippen LogP contribution in [0.15, 0.2) is 6.33 Å². The molecule has 0 aliphatic carbocycles. The number of hydrogen-bond acceptors (Lipinski definition) is 5. The third-order valence-corrected chi connectivity index (χ3v) is 2.82. The molecular formula is C15H24FN3O2. The Hall–Kier alpha value is -1.72. The number of carbonyl (C=O) groups is 1. The number of anilines is 1. The number of hydrogen-bond donors (Lipinski definition) is 1. The fraction of sp³-hybridized carbons (Fsp3) is 0.667. The number of nitrogens with zero attached hydrogens (tertiary/aromatic N) is 2. The number of esters is 1. The lowest BCUT2D eigenvalue weighted by atomic mass is 10.0. The zero-order valence-corrected chi connectivity index (χ0v) is 13.5. The molecule has 118 valence electrons. The van der Waals surface area contributed by atoms with Crippen LogP contribution in [-0.2, 0) is 16.0 Å². The van der Waals surface area contributed by atoms with Crippen LogP contribution in [0.4, 0.5) is 10.2 Å². The molecule has 1 N–H and O–H groups in total. The Morgan fingerprint density at radius 3 is 2.48 bits per heavy atom. The van der Waals surface area contributed by atoms with Crippen molar-refractivity contribution in [3.63, 3.8) is 0 Å². The van der Waals surface area contributed by atoms with Crippen LogP contribution in [0, 0.1) is 11.7 Å². The monoisotopic (exact) mass is 297 g/mol. The van der Waals surface area contributed by atoms with E-state index < -0.39 is 23.4 Å². The van der Waals surface area contributed by atoms with Gasteiger partial charge in [-0.25, -0.2) is 19.2 Å². The summed E-state index contributed by atoms with van der Waals surface area (Å²) in [5.74, 6) is -0.978. The van der Waals surface area contributed by atoms with Crippen molar-refractivity contribution in [3.05, 3.63) is 17.8 Å². The number of nitrogens with one attached hydrogen (secondary N) is 1. The quantitative estimate of drug-likeness (QED) is 0.847. The molecule has 1 aromatic rings. The molecule has 5 nitrogen and oxygen atoms in total. The molecule has 0 saturated carbocycles. The Bertz CT molecular complexity index is 498. The molecule has 1 heterocycles. The molecule has 0 saturated heterocycles. The van der Waals surface area contributed by atoms with E-state index >= 15 is 0 Å². The Balaban J connectivity index is 2.97. The SMILES string of the molecule is CCc1ncnc(N[C@@H](C(=O)OC(C)(C)C)C(C)C)c1F. The van der Waals surface area contributed by atoms with Crippen molar-refractivity contribution in [2.45, 2.75) is 59.6 Å². The lowest BCUT2D eigenvalue weighted by Gasteiger charge is -2.27. The summed E-state index contributed by atoms with van der Waals surface area (Å²) in [6.45, 7) is 10.9. The Morgan fingerprint density at radius 1 is 1.38 bits per heavy atom. The summed E-state index contributed by atoms with van der Waals surface area (Å²) in [5.41, 5.74) is -0.274. The van der Waals surface area contributed by atoms with Gasteiger partial charge in [-0.05, 0) is 33.1 Å². The molecule has 0 unspecified atom stereocenters. The Labute approximate surface area is 125 Å². The van der Waals surface area contributed by atoms with E-state index in [2.05, 4.69) is 15.3 Å². The second kappa shape index (κ2) is 6.83. The highest BCUT2D eigenvalue weighted by Gasteiger charge is 2.29. The molecule has 1 rings (SSSR count). The van der Waals surface area contributed by atoms with Gasteiger partial charge in [0.25, 0.3) is 0 Å². The molecule has 21 heavy (non-hydrogen) atoms. The summed E-state index contributed by atoms with van der Waals surface area (Å²) >= 11 is 0. The van der Waals surface area contributed by atoms with E-state index in [0.29, 0.717) is 12.1 Å². The molecule has 0 bridgehead atoms. The molecule has 0 aliphatic heterocycles. The van der Waals surface area contributed by atoms with E-state index in [1.54, 1.807) is 20.8 Å². The molecule has 0 aliphatic rings. The molecule has 1 atom stereocenters. The summed E-state index contributed by atoms with van der Waals surface area (Å²) in [4.78, 5) is 20.0. The highest BCUT2D eigenvalue weighted by Crippen LogP contribution is 2.19. The summed E-state index contributed by atoms with van der Waals surface area (Å²) in [6, 6.07) is -0.668. The maximum atomic E-state index is 14.2. The van der Waals surface area contributed by atoms with Crippen LogP contribution in [0.2, 0.25) is 0 Å². The first-order chi connectivity index (χ1) is 9.65. The number of ether oxygens (including phenoxy) is 1. The topological polar surface area (TPSA) is 64.1 Å². The van der Waals surface area contributed by atoms with E-state index in [0.717, 1.165) is 0 Å². The predicted octanol–water partition coefficient (Wildman–Crippen LogP) is 2.96. The predicted molar refractivity (Wildman–Crippen MR) is 79.5 cm³/mol. The van der Waals surface area contributed by atoms with E-state index in [9.17, 15) is 9.18 Å². The molecule has 0 spiro atoms. The van der Waals surface area contributed by atoms with Crippen LogP contribution in [0.1, 0.15) is 47.2 Å². The second-order valence-electron chi connectivity index (χ2n) is 6.24. The van der Waals surface area contributed by atoms with Crippen molar-refractivity contribution in [1.29, 1.82) is 0 Å². The van der Waals surface area contributed by atoms with E-state index in [4.69, 9.17) is 4.74 Å². The third-order valence-electron chi connectivity index (χ3n) is 2.82. The van der Waals surface area contributed by atoms with Gasteiger partial charge in [-0.3, -0.25) is 0 Å². The number of aromatic nitrogens is 2. The van der Waals surface area contributed by atoms with Crippen LogP contribution >= 0.6 is 0 Å². The fourth-order valence-electron chi connectivity index (χ4n) is 1.76. The minimum Gasteiger partial charge on any atom is -0.458 e. The van der Waals surface area contributed by atoms with Gasteiger partial charge in [-0.1, -0.05) is 20.8 Å². The molecule has 0 fully saturated rings. The summed E-state index contributed by atoms with van der Waals surface area (Å²) in [5, 5.41) is 2.84. The largest absolute Gasteiger partial charge is 0.458 e. The average Bonchev–Trinajstić information content (AvgIpc) is 2.34. The zero-order valence-electron chi connectivity index (χ0n) is 13.5. The van der Waals surface area contributed by atoms with Gasteiger partial charge in [0.2, 0.25) is 0 Å². The van der Waals surface area contributed by atoms with Gasteiger partial charge in [-0.15, -0.1) is 0 Å². The summed E-state index contributed by atoms with van der Waals surface area (Å²) in [7, 11) is 0. The molecule has 0 radical (unpaired) electrons. The van der Waals surface area contributed by atoms with Crippen molar-refractivity contribution in [2.75, 3.05) is 5.32 Å². The highest BCUT2D eigenvalue weighted by atomic mass is 19.1. The van der Waals surface area contributed by atoms with Crippen LogP contribution in [0.5, 0.6) is 0 Å². The number of halogens is 1. The van der Waals surface area contributed by atoms with Crippen molar-refractivity contribution in [3.8, 4) is 0 Å². The molecule has 0 aromatic carbocycles. The normalized spacial score (nSPS) is 13.1. The zero-order chi connectivity index (χ0) is 16.2. The first-order valence-corrected chi connectivity index (χ1v) is 7.14. The maximum Gasteiger partial charge on any atom is 0.329 e. The second-order valence-corrected chi connectivity index (χ2v) is 6.24. The van der Waals surface area contributed by atoms with E-state index in [1.807, 2.05) is 20.8 Å². The Morgan fingerprint density at radius 2 is 2.00 bits per heavy atom. The number of rotatable bonds is 5. The van der Waals surface area contributed by atoms with Gasteiger partial charge < -0.3 is 10.1 Å². The summed E-state index contributed by atoms with van der Waals surface area (Å²) < 4.78 is 19.5. The van der Waals surface area contributed by atoms with Gasteiger partial charge in [0, 0.05) is 0 Å². The average molecular weight is 297 g/mol. The maximum absolute atomic E-state index is 14.2. The van der Waals surface area contributed by atoms with Crippen LogP contribution < -0.4 is 5.32 Å². The van der Waals surface area contributed by atoms with Crippen molar-refractivity contribution in [1.82, 2.24) is 9.97 Å². The summed E-state index contributed by atoms with van der Waals surface area (Å²) in [6.07, 6.45) is 1.75. The molecule has 6 heteroatoms. The minimum absolute atomic E-state index is 0.0337. The first kappa shape index (κ1) is 17.3. The van der Waals surface area contributed by atoms with Crippen molar-refractivity contribution < 1.29 is 13.9 Å². The van der Waals surface area contributed by atoms with E-state index in [-0.39, 0.29) is 11.7 Å². The highest BCUT2D eigenvalue weighted by molar-refractivity contribution is 5.79. The van der Waals surface area contributed by atoms with Gasteiger partial charge in [0.15, 0.2) is 11.6 Å². The van der Waals surface area contributed by atoms with Gasteiger partial charge in [-0.2, -0.15) is 0 Å². The molecule has 1 aromatic heterocycles. The Kier molecular flexibility index (Phi) is 5.63. The standard InChI is InChI=1S/C15H24FN3O2/c1-7-10-11(16)13(18-8-17-10)19-12(9(2)3)14(20)21-15(4,5)6/h8-9,12H,7H2,1-6H3,(H,17,18,19)/t12-/m1/s1. The van der Waals surface area contributed by atoms with Gasteiger partial charge in [0.05, 0.1) is 5.69 Å². The number of carbonyl (C=O) groups excluding carboxylic acids is 1. The van der Waals surface area contributed by atoms with Crippen LogP contribution in [0.3, 0.4) is 0 Å². The molecule has 0 amide bonds.